The van der Waals surface area contributed by atoms with Crippen LogP contribution in [-0.2, 0) is 6.54 Å². The van der Waals surface area contributed by atoms with Crippen molar-refractivity contribution in [1.82, 2.24) is 4.90 Å². The van der Waals surface area contributed by atoms with Crippen LogP contribution in [0.25, 0.3) is 0 Å². The zero-order chi connectivity index (χ0) is 13.8. The molecule has 2 atom stereocenters. The minimum absolute atomic E-state index is 0.145. The Bertz CT molecular complexity index is 433. The van der Waals surface area contributed by atoms with E-state index < -0.39 is 0 Å². The summed E-state index contributed by atoms with van der Waals surface area (Å²) >= 11 is 0. The molecule has 5 nitrogen and oxygen atoms in total. The van der Waals surface area contributed by atoms with Crippen LogP contribution in [-0.4, -0.2) is 29.5 Å². The van der Waals surface area contributed by atoms with Crippen LogP contribution < -0.4 is 5.73 Å². The molecule has 5 heteroatoms. The van der Waals surface area contributed by atoms with Crippen molar-refractivity contribution in [1.29, 1.82) is 0 Å². The molecule has 0 spiro atoms. The second-order valence-electron chi connectivity index (χ2n) is 5.33. The molecule has 2 unspecified atom stereocenters. The third kappa shape index (κ3) is 3.30. The van der Waals surface area contributed by atoms with Crippen molar-refractivity contribution < 1.29 is 4.92 Å². The number of hydrogen-bond donors (Lipinski definition) is 1. The molecular weight excluding hydrogens is 242 g/mol. The van der Waals surface area contributed by atoms with Gasteiger partial charge in [0.05, 0.1) is 4.92 Å². The summed E-state index contributed by atoms with van der Waals surface area (Å²) in [6, 6.07) is 7.35. The highest BCUT2D eigenvalue weighted by molar-refractivity contribution is 5.32. The second-order valence-corrected chi connectivity index (χ2v) is 5.33. The Hall–Kier alpha value is -1.46. The lowest BCUT2D eigenvalue weighted by Gasteiger charge is -2.29. The maximum atomic E-state index is 10.6. The smallest absolute Gasteiger partial charge is 0.269 e. The molecule has 1 aromatic carbocycles. The number of nitrogens with zero attached hydrogens (tertiary/aromatic N) is 2. The maximum Gasteiger partial charge on any atom is 0.269 e. The molecule has 0 amide bonds. The van der Waals surface area contributed by atoms with Crippen LogP contribution in [0.5, 0.6) is 0 Å². The van der Waals surface area contributed by atoms with E-state index in [-0.39, 0.29) is 10.6 Å². The average molecular weight is 263 g/mol. The molecule has 2 N–H and O–H groups in total. The van der Waals surface area contributed by atoms with Gasteiger partial charge in [-0.15, -0.1) is 0 Å². The summed E-state index contributed by atoms with van der Waals surface area (Å²) in [5.74, 6) is 0.586. The van der Waals surface area contributed by atoms with E-state index in [2.05, 4.69) is 11.9 Å². The minimum atomic E-state index is -0.366. The molecule has 1 saturated carbocycles. The number of rotatable bonds is 5. The van der Waals surface area contributed by atoms with Crippen LogP contribution in [0.2, 0.25) is 0 Å². The van der Waals surface area contributed by atoms with E-state index in [1.54, 1.807) is 12.1 Å². The van der Waals surface area contributed by atoms with Gasteiger partial charge >= 0.3 is 0 Å². The third-order valence-electron chi connectivity index (χ3n) is 4.07. The second kappa shape index (κ2) is 6.12. The fraction of sp³-hybridized carbons (Fsp3) is 0.571. The monoisotopic (exact) mass is 263 g/mol. The first-order valence-corrected chi connectivity index (χ1v) is 6.75. The highest BCUT2D eigenvalue weighted by Gasteiger charge is 2.29. The molecule has 0 aliphatic heterocycles. The van der Waals surface area contributed by atoms with Gasteiger partial charge in [0.15, 0.2) is 0 Å². The SMILES string of the molecule is CN(Cc1ccc([N+](=O)[O-])cc1)C1CCCC1CN. The van der Waals surface area contributed by atoms with E-state index in [1.807, 2.05) is 12.1 Å². The molecule has 1 aliphatic carbocycles. The van der Waals surface area contributed by atoms with Crippen LogP contribution in [0.1, 0.15) is 24.8 Å². The Labute approximate surface area is 113 Å². The zero-order valence-electron chi connectivity index (χ0n) is 11.3. The summed E-state index contributed by atoms with van der Waals surface area (Å²) < 4.78 is 0. The number of nitrogens with two attached hydrogens (primary N) is 1. The molecule has 104 valence electrons. The molecule has 1 fully saturated rings. The molecule has 1 aliphatic rings. The molecule has 0 saturated heterocycles. The Kier molecular flexibility index (Phi) is 4.50. The lowest BCUT2D eigenvalue weighted by atomic mass is 10.0. The van der Waals surface area contributed by atoms with Gasteiger partial charge in [-0.25, -0.2) is 0 Å². The van der Waals surface area contributed by atoms with Gasteiger partial charge in [0, 0.05) is 24.7 Å². The molecular formula is C14H21N3O2. The minimum Gasteiger partial charge on any atom is -0.330 e. The average Bonchev–Trinajstić information content (AvgIpc) is 2.87. The summed E-state index contributed by atoms with van der Waals surface area (Å²) in [5, 5.41) is 10.6. The number of benzene rings is 1. The standard InChI is InChI=1S/C14H21N3O2/c1-16(14-4-2-3-12(14)9-15)10-11-5-7-13(8-6-11)17(18)19/h5-8,12,14H,2-4,9-10,15H2,1H3. The van der Waals surface area contributed by atoms with Crippen LogP contribution in [0.15, 0.2) is 24.3 Å². The normalized spacial score (nSPS) is 22.9. The number of nitro benzene ring substituents is 1. The summed E-state index contributed by atoms with van der Waals surface area (Å²) in [6.07, 6.45) is 3.66. The molecule has 0 radical (unpaired) electrons. The highest BCUT2D eigenvalue weighted by atomic mass is 16.6. The fourth-order valence-corrected chi connectivity index (χ4v) is 3.00. The molecule has 0 aromatic heterocycles. The molecule has 0 bridgehead atoms. The Balaban J connectivity index is 1.98. The Morgan fingerprint density at radius 3 is 2.63 bits per heavy atom. The van der Waals surface area contributed by atoms with E-state index >= 15 is 0 Å². The van der Waals surface area contributed by atoms with E-state index in [4.69, 9.17) is 5.73 Å². The molecule has 0 heterocycles. The van der Waals surface area contributed by atoms with Gasteiger partial charge in [0.1, 0.15) is 0 Å². The topological polar surface area (TPSA) is 72.4 Å². The van der Waals surface area contributed by atoms with Crippen molar-refractivity contribution in [2.24, 2.45) is 11.7 Å². The van der Waals surface area contributed by atoms with E-state index in [1.165, 1.54) is 19.3 Å². The van der Waals surface area contributed by atoms with Crippen molar-refractivity contribution in [3.63, 3.8) is 0 Å². The summed E-state index contributed by atoms with van der Waals surface area (Å²) in [4.78, 5) is 12.6. The molecule has 19 heavy (non-hydrogen) atoms. The predicted octanol–water partition coefficient (Wildman–Crippen LogP) is 2.15. The fourth-order valence-electron chi connectivity index (χ4n) is 3.00. The third-order valence-corrected chi connectivity index (χ3v) is 4.07. The number of nitro groups is 1. The highest BCUT2D eigenvalue weighted by Crippen LogP contribution is 2.29. The summed E-state index contributed by atoms with van der Waals surface area (Å²) in [5.41, 5.74) is 7.06. The largest absolute Gasteiger partial charge is 0.330 e. The van der Waals surface area contributed by atoms with Gasteiger partial charge in [-0.05, 0) is 37.9 Å². The van der Waals surface area contributed by atoms with Crippen LogP contribution in [0, 0.1) is 16.0 Å². The van der Waals surface area contributed by atoms with E-state index in [0.29, 0.717) is 12.0 Å². The van der Waals surface area contributed by atoms with E-state index in [9.17, 15) is 10.1 Å². The lowest BCUT2D eigenvalue weighted by molar-refractivity contribution is -0.384. The van der Waals surface area contributed by atoms with Crippen molar-refractivity contribution in [3.05, 3.63) is 39.9 Å². The number of hydrogen-bond acceptors (Lipinski definition) is 4. The van der Waals surface area contributed by atoms with Gasteiger partial charge in [-0.2, -0.15) is 0 Å². The van der Waals surface area contributed by atoms with Crippen LogP contribution >= 0.6 is 0 Å². The van der Waals surface area contributed by atoms with Crippen LogP contribution in [0.3, 0.4) is 0 Å². The van der Waals surface area contributed by atoms with Gasteiger partial charge in [-0.1, -0.05) is 18.6 Å². The zero-order valence-corrected chi connectivity index (χ0v) is 11.3. The summed E-state index contributed by atoms with van der Waals surface area (Å²) in [6.45, 7) is 1.56. The molecule has 2 rings (SSSR count). The van der Waals surface area contributed by atoms with Crippen molar-refractivity contribution in [2.75, 3.05) is 13.6 Å². The Morgan fingerprint density at radius 1 is 1.37 bits per heavy atom. The maximum absolute atomic E-state index is 10.6. The van der Waals surface area contributed by atoms with Gasteiger partial charge in [0.25, 0.3) is 5.69 Å². The van der Waals surface area contributed by atoms with Crippen molar-refractivity contribution >= 4 is 5.69 Å². The van der Waals surface area contributed by atoms with Gasteiger partial charge in [-0.3, -0.25) is 15.0 Å². The first kappa shape index (κ1) is 14.0. The quantitative estimate of drug-likeness (QED) is 0.652. The van der Waals surface area contributed by atoms with Crippen molar-refractivity contribution in [2.45, 2.75) is 31.8 Å². The lowest BCUT2D eigenvalue weighted by Crippen LogP contribution is -2.37. The van der Waals surface area contributed by atoms with Gasteiger partial charge in [0.2, 0.25) is 0 Å². The van der Waals surface area contributed by atoms with Crippen LogP contribution in [0.4, 0.5) is 5.69 Å². The first-order valence-electron chi connectivity index (χ1n) is 6.75. The predicted molar refractivity (Wildman–Crippen MR) is 74.7 cm³/mol. The Morgan fingerprint density at radius 2 is 2.05 bits per heavy atom. The first-order chi connectivity index (χ1) is 9.11. The molecule has 1 aromatic rings. The van der Waals surface area contributed by atoms with Gasteiger partial charge < -0.3 is 5.73 Å². The van der Waals surface area contributed by atoms with Crippen molar-refractivity contribution in [3.8, 4) is 0 Å². The summed E-state index contributed by atoms with van der Waals surface area (Å²) in [7, 11) is 2.11. The number of non-ortho nitro benzene ring substituents is 1. The van der Waals surface area contributed by atoms with E-state index in [0.717, 1.165) is 18.7 Å².